The summed E-state index contributed by atoms with van der Waals surface area (Å²) in [6, 6.07) is 7.72. The van der Waals surface area contributed by atoms with Crippen molar-refractivity contribution in [2.24, 2.45) is 0 Å². The molecule has 0 fully saturated rings. The first kappa shape index (κ1) is 16.6. The number of ether oxygens (including phenoxy) is 1. The van der Waals surface area contributed by atoms with Crippen molar-refractivity contribution in [3.05, 3.63) is 53.5 Å². The molecule has 1 aromatic carbocycles. The van der Waals surface area contributed by atoms with Gasteiger partial charge in [-0.15, -0.1) is 0 Å². The fourth-order valence-electron chi connectivity index (χ4n) is 2.27. The second-order valence-electron chi connectivity index (χ2n) is 5.18. The predicted molar refractivity (Wildman–Crippen MR) is 83.1 cm³/mol. The lowest BCUT2D eigenvalue weighted by Gasteiger charge is -2.07. The Morgan fingerprint density at radius 3 is 2.96 bits per heavy atom. The number of aromatic nitrogens is 3. The number of amides is 1. The molecule has 0 bridgehead atoms. The first-order valence-corrected chi connectivity index (χ1v) is 7.32. The zero-order chi connectivity index (χ0) is 17.8. The van der Waals surface area contributed by atoms with Gasteiger partial charge in [-0.25, -0.2) is 0 Å². The summed E-state index contributed by atoms with van der Waals surface area (Å²) in [6.45, 7) is -0.985. The van der Waals surface area contributed by atoms with Gasteiger partial charge in [0.05, 0.1) is 24.0 Å². The van der Waals surface area contributed by atoms with Crippen LogP contribution >= 0.6 is 0 Å². The van der Waals surface area contributed by atoms with Crippen LogP contribution in [-0.4, -0.2) is 27.9 Å². The first-order valence-electron chi connectivity index (χ1n) is 7.32. The molecule has 2 N–H and O–H groups in total. The number of alkyl halides is 2. The van der Waals surface area contributed by atoms with E-state index in [1.54, 1.807) is 25.1 Å². The number of hydrogen-bond acceptors (Lipinski definition) is 5. The summed E-state index contributed by atoms with van der Waals surface area (Å²) in [5.41, 5.74) is 1.75. The topological polar surface area (TPSA) is 93.0 Å². The number of benzene rings is 1. The number of hydrogen-bond donors (Lipinski definition) is 2. The summed E-state index contributed by atoms with van der Waals surface area (Å²) < 4.78 is 34.0. The van der Waals surface area contributed by atoms with Crippen molar-refractivity contribution in [1.29, 1.82) is 0 Å². The van der Waals surface area contributed by atoms with Crippen molar-refractivity contribution in [2.45, 2.75) is 20.1 Å². The highest BCUT2D eigenvalue weighted by atomic mass is 19.3. The van der Waals surface area contributed by atoms with Crippen molar-refractivity contribution in [3.8, 4) is 17.0 Å². The Hall–Kier alpha value is -3.23. The van der Waals surface area contributed by atoms with Crippen molar-refractivity contribution >= 4 is 5.91 Å². The quantitative estimate of drug-likeness (QED) is 0.714. The second-order valence-corrected chi connectivity index (χ2v) is 5.18. The van der Waals surface area contributed by atoms with Crippen LogP contribution in [0.5, 0.6) is 5.75 Å². The molecular formula is C16H14F2N4O3. The third-order valence-corrected chi connectivity index (χ3v) is 3.34. The van der Waals surface area contributed by atoms with E-state index in [0.29, 0.717) is 22.7 Å². The lowest BCUT2D eigenvalue weighted by atomic mass is 10.1. The molecule has 9 heteroatoms. The Bertz CT molecular complexity index is 876. The maximum absolute atomic E-state index is 12.4. The highest BCUT2D eigenvalue weighted by Gasteiger charge is 2.16. The van der Waals surface area contributed by atoms with Crippen LogP contribution in [0.1, 0.15) is 21.8 Å². The van der Waals surface area contributed by atoms with E-state index in [0.717, 1.165) is 0 Å². The number of rotatable bonds is 6. The van der Waals surface area contributed by atoms with E-state index >= 15 is 0 Å². The summed E-state index contributed by atoms with van der Waals surface area (Å²) in [4.78, 5) is 12.4. The summed E-state index contributed by atoms with van der Waals surface area (Å²) in [6.07, 6.45) is 1.36. The Morgan fingerprint density at radius 2 is 2.24 bits per heavy atom. The number of nitrogens with one attached hydrogen (secondary N) is 2. The minimum Gasteiger partial charge on any atom is -0.435 e. The van der Waals surface area contributed by atoms with Gasteiger partial charge in [0.1, 0.15) is 17.2 Å². The molecule has 7 nitrogen and oxygen atoms in total. The van der Waals surface area contributed by atoms with Gasteiger partial charge in [-0.3, -0.25) is 9.89 Å². The average molecular weight is 348 g/mol. The van der Waals surface area contributed by atoms with Crippen LogP contribution in [0.4, 0.5) is 8.78 Å². The zero-order valence-corrected chi connectivity index (χ0v) is 13.1. The monoisotopic (exact) mass is 348 g/mol. The molecule has 2 heterocycles. The molecule has 2 aromatic heterocycles. The van der Waals surface area contributed by atoms with Gasteiger partial charge >= 0.3 is 6.61 Å². The van der Waals surface area contributed by atoms with Gasteiger partial charge in [-0.1, -0.05) is 17.3 Å². The van der Waals surface area contributed by atoms with Crippen LogP contribution in [0.2, 0.25) is 0 Å². The number of carbonyl (C=O) groups excluding carboxylic acids is 1. The molecule has 0 saturated heterocycles. The number of aromatic amines is 1. The summed E-state index contributed by atoms with van der Waals surface area (Å²) in [5, 5.41) is 13.0. The third-order valence-electron chi connectivity index (χ3n) is 3.34. The highest BCUT2D eigenvalue weighted by Crippen LogP contribution is 2.26. The van der Waals surface area contributed by atoms with Crippen LogP contribution in [0.15, 0.2) is 41.1 Å². The molecule has 0 aliphatic carbocycles. The van der Waals surface area contributed by atoms with Gasteiger partial charge in [0, 0.05) is 11.6 Å². The Morgan fingerprint density at radius 1 is 1.40 bits per heavy atom. The van der Waals surface area contributed by atoms with Gasteiger partial charge in [0.15, 0.2) is 0 Å². The number of carbonyl (C=O) groups is 1. The van der Waals surface area contributed by atoms with E-state index in [1.807, 2.05) is 0 Å². The number of nitrogens with zero attached hydrogens (tertiary/aromatic N) is 2. The van der Waals surface area contributed by atoms with Gasteiger partial charge < -0.3 is 14.6 Å². The molecule has 0 aliphatic heterocycles. The van der Waals surface area contributed by atoms with E-state index < -0.39 is 6.61 Å². The third kappa shape index (κ3) is 4.00. The molecule has 0 radical (unpaired) electrons. The molecule has 3 rings (SSSR count). The fourth-order valence-corrected chi connectivity index (χ4v) is 2.27. The van der Waals surface area contributed by atoms with Crippen LogP contribution < -0.4 is 10.1 Å². The molecule has 0 aliphatic rings. The zero-order valence-electron chi connectivity index (χ0n) is 13.1. The summed E-state index contributed by atoms with van der Waals surface area (Å²) >= 11 is 0. The largest absolute Gasteiger partial charge is 0.435 e. The van der Waals surface area contributed by atoms with E-state index in [4.69, 9.17) is 4.52 Å². The Balaban J connectivity index is 1.76. The van der Waals surface area contributed by atoms with Crippen molar-refractivity contribution < 1.29 is 22.8 Å². The summed E-state index contributed by atoms with van der Waals surface area (Å²) in [5.74, 6) is 0.250. The molecule has 0 saturated carbocycles. The smallest absolute Gasteiger partial charge is 0.387 e. The first-order chi connectivity index (χ1) is 12.0. The fraction of sp³-hybridized carbons (Fsp3) is 0.188. The van der Waals surface area contributed by atoms with Crippen LogP contribution in [0.25, 0.3) is 11.3 Å². The normalized spacial score (nSPS) is 10.9. The lowest BCUT2D eigenvalue weighted by molar-refractivity contribution is -0.0498. The summed E-state index contributed by atoms with van der Waals surface area (Å²) in [7, 11) is 0. The van der Waals surface area contributed by atoms with Crippen LogP contribution in [-0.2, 0) is 6.54 Å². The van der Waals surface area contributed by atoms with Crippen molar-refractivity contribution in [1.82, 2.24) is 20.7 Å². The predicted octanol–water partition coefficient (Wildman–Crippen LogP) is 2.90. The minimum absolute atomic E-state index is 0.00784. The standard InChI is InChI=1S/C16H14F2N4O3/c1-9-5-11(22-25-9)7-19-15(23)13-8-20-21-14(13)10-3-2-4-12(6-10)24-16(17)18/h2-6,8,16H,7H2,1H3,(H,19,23)(H,20,21). The van der Waals surface area contributed by atoms with Gasteiger partial charge in [0.25, 0.3) is 5.91 Å². The van der Waals surface area contributed by atoms with Gasteiger partial charge in [0.2, 0.25) is 0 Å². The minimum atomic E-state index is -2.93. The lowest BCUT2D eigenvalue weighted by Crippen LogP contribution is -2.23. The van der Waals surface area contributed by atoms with Crippen molar-refractivity contribution in [3.63, 3.8) is 0 Å². The molecule has 25 heavy (non-hydrogen) atoms. The molecule has 130 valence electrons. The molecule has 3 aromatic rings. The Kier molecular flexibility index (Phi) is 4.73. The maximum Gasteiger partial charge on any atom is 0.387 e. The molecular weight excluding hydrogens is 334 g/mol. The van der Waals surface area contributed by atoms with Crippen molar-refractivity contribution in [2.75, 3.05) is 0 Å². The van der Waals surface area contributed by atoms with Crippen LogP contribution in [0.3, 0.4) is 0 Å². The number of H-pyrrole nitrogens is 1. The van der Waals surface area contributed by atoms with E-state index in [-0.39, 0.29) is 23.8 Å². The highest BCUT2D eigenvalue weighted by molar-refractivity contribution is 5.99. The SMILES string of the molecule is Cc1cc(CNC(=O)c2cn[nH]c2-c2cccc(OC(F)F)c2)no1. The molecule has 0 spiro atoms. The number of aryl methyl sites for hydroxylation is 1. The van der Waals surface area contributed by atoms with E-state index in [2.05, 4.69) is 25.4 Å². The number of halogens is 2. The van der Waals surface area contributed by atoms with Gasteiger partial charge in [-0.2, -0.15) is 13.9 Å². The average Bonchev–Trinajstić information content (AvgIpc) is 3.21. The maximum atomic E-state index is 12.4. The second kappa shape index (κ2) is 7.12. The van der Waals surface area contributed by atoms with Crippen LogP contribution in [0, 0.1) is 6.92 Å². The molecule has 1 amide bonds. The van der Waals surface area contributed by atoms with E-state index in [9.17, 15) is 13.6 Å². The van der Waals surface area contributed by atoms with Gasteiger partial charge in [-0.05, 0) is 19.1 Å². The molecule has 0 atom stereocenters. The van der Waals surface area contributed by atoms with E-state index in [1.165, 1.54) is 18.3 Å². The molecule has 0 unspecified atom stereocenters. The Labute approximate surface area is 141 Å².